The molecule has 0 saturated heterocycles. The fraction of sp³-hybridized carbons (Fsp3) is 0.182. The first kappa shape index (κ1) is 18.7. The summed E-state index contributed by atoms with van der Waals surface area (Å²) >= 11 is 7.58. The summed E-state index contributed by atoms with van der Waals surface area (Å²) in [6.45, 7) is 6.74. The molecule has 0 atom stereocenters. The van der Waals surface area contributed by atoms with Crippen molar-refractivity contribution in [3.05, 3.63) is 69.7 Å². The molecule has 0 radical (unpaired) electrons. The van der Waals surface area contributed by atoms with Gasteiger partial charge in [0, 0.05) is 33.4 Å². The summed E-state index contributed by atoms with van der Waals surface area (Å²) in [5.74, 6) is -0.156. The number of carbonyl (C=O) groups is 1. The van der Waals surface area contributed by atoms with Gasteiger partial charge in [0.15, 0.2) is 5.13 Å². The van der Waals surface area contributed by atoms with Crippen molar-refractivity contribution in [2.24, 2.45) is 0 Å². The molecule has 0 aliphatic carbocycles. The maximum absolute atomic E-state index is 13.1. The lowest BCUT2D eigenvalue weighted by Crippen LogP contribution is -2.17. The summed E-state index contributed by atoms with van der Waals surface area (Å²) < 4.78 is 2.02. The first-order valence-electron chi connectivity index (χ1n) is 9.10. The molecule has 0 fully saturated rings. The second kappa shape index (κ2) is 7.41. The van der Waals surface area contributed by atoms with Crippen LogP contribution in [-0.4, -0.2) is 15.5 Å². The number of nitrogens with zero attached hydrogens (tertiary/aromatic N) is 2. The standard InChI is InChI=1S/C22H20ClN3OS/c1-4-26-19-10-9-16(23)11-17(19)14(3)20(26)21(27)25-22-24-18(12-28-22)15-7-5-13(2)6-8-15/h5-12H,4H2,1-3H3,(H,24,25,27). The molecule has 1 amide bonds. The number of aromatic nitrogens is 2. The zero-order valence-electron chi connectivity index (χ0n) is 15.9. The smallest absolute Gasteiger partial charge is 0.274 e. The lowest BCUT2D eigenvalue weighted by atomic mass is 10.1. The van der Waals surface area contributed by atoms with E-state index in [9.17, 15) is 4.79 Å². The number of benzene rings is 2. The van der Waals surface area contributed by atoms with Crippen molar-refractivity contribution in [1.29, 1.82) is 0 Å². The van der Waals surface area contributed by atoms with Crippen LogP contribution in [0.2, 0.25) is 5.02 Å². The van der Waals surface area contributed by atoms with Crippen LogP contribution in [0.4, 0.5) is 5.13 Å². The van der Waals surface area contributed by atoms with E-state index < -0.39 is 0 Å². The Morgan fingerprint density at radius 2 is 1.93 bits per heavy atom. The minimum Gasteiger partial charge on any atom is -0.337 e. The average Bonchev–Trinajstić information content (AvgIpc) is 3.25. The topological polar surface area (TPSA) is 46.9 Å². The zero-order valence-corrected chi connectivity index (χ0v) is 17.5. The molecule has 0 aliphatic heterocycles. The molecule has 4 rings (SSSR count). The Bertz CT molecular complexity index is 1170. The molecule has 6 heteroatoms. The largest absolute Gasteiger partial charge is 0.337 e. The Kier molecular flexibility index (Phi) is 4.96. The average molecular weight is 410 g/mol. The highest BCUT2D eigenvalue weighted by atomic mass is 35.5. The van der Waals surface area contributed by atoms with Crippen LogP contribution in [0.15, 0.2) is 47.8 Å². The minimum atomic E-state index is -0.156. The third kappa shape index (κ3) is 3.32. The third-order valence-electron chi connectivity index (χ3n) is 4.88. The predicted molar refractivity (Wildman–Crippen MR) is 118 cm³/mol. The van der Waals surface area contributed by atoms with Gasteiger partial charge >= 0.3 is 0 Å². The Morgan fingerprint density at radius 3 is 2.64 bits per heavy atom. The van der Waals surface area contributed by atoms with E-state index in [1.54, 1.807) is 0 Å². The molecule has 0 bridgehead atoms. The van der Waals surface area contributed by atoms with Crippen molar-refractivity contribution in [3.63, 3.8) is 0 Å². The highest BCUT2D eigenvalue weighted by Gasteiger charge is 2.20. The molecular formula is C22H20ClN3OS. The quantitative estimate of drug-likeness (QED) is 0.429. The van der Waals surface area contributed by atoms with Gasteiger partial charge in [0.05, 0.1) is 5.69 Å². The molecule has 2 heterocycles. The number of thiazole rings is 1. The lowest BCUT2D eigenvalue weighted by Gasteiger charge is -2.08. The van der Waals surface area contributed by atoms with Crippen LogP contribution in [-0.2, 0) is 6.54 Å². The summed E-state index contributed by atoms with van der Waals surface area (Å²) in [6, 6.07) is 13.9. The van der Waals surface area contributed by atoms with E-state index in [0.717, 1.165) is 27.7 Å². The second-order valence-electron chi connectivity index (χ2n) is 6.74. The van der Waals surface area contributed by atoms with E-state index >= 15 is 0 Å². The molecule has 0 aliphatic rings. The first-order valence-corrected chi connectivity index (χ1v) is 10.4. The van der Waals surface area contributed by atoms with Gasteiger partial charge in [0.2, 0.25) is 0 Å². The highest BCUT2D eigenvalue weighted by Crippen LogP contribution is 2.30. The number of aryl methyl sites for hydroxylation is 3. The fourth-order valence-corrected chi connectivity index (χ4v) is 4.35. The Labute approximate surface area is 172 Å². The van der Waals surface area contributed by atoms with E-state index in [0.29, 0.717) is 22.4 Å². The normalized spacial score (nSPS) is 11.1. The minimum absolute atomic E-state index is 0.156. The van der Waals surface area contributed by atoms with Crippen LogP contribution in [0, 0.1) is 13.8 Å². The number of amides is 1. The molecule has 2 aromatic heterocycles. The van der Waals surface area contributed by atoms with E-state index in [1.165, 1.54) is 16.9 Å². The van der Waals surface area contributed by atoms with Gasteiger partial charge in [-0.3, -0.25) is 10.1 Å². The Hall–Kier alpha value is -2.63. The molecule has 4 nitrogen and oxygen atoms in total. The fourth-order valence-electron chi connectivity index (χ4n) is 3.46. The number of hydrogen-bond acceptors (Lipinski definition) is 3. The molecule has 28 heavy (non-hydrogen) atoms. The molecule has 0 unspecified atom stereocenters. The maximum atomic E-state index is 13.1. The summed E-state index contributed by atoms with van der Waals surface area (Å²) in [5.41, 5.74) is 5.68. The molecule has 0 saturated carbocycles. The molecule has 1 N–H and O–H groups in total. The summed E-state index contributed by atoms with van der Waals surface area (Å²) in [6.07, 6.45) is 0. The number of rotatable bonds is 4. The molecule has 142 valence electrons. The van der Waals surface area contributed by atoms with E-state index in [4.69, 9.17) is 11.6 Å². The van der Waals surface area contributed by atoms with Crippen molar-refractivity contribution < 1.29 is 4.79 Å². The van der Waals surface area contributed by atoms with Gasteiger partial charge in [-0.1, -0.05) is 41.4 Å². The number of halogens is 1. The SMILES string of the molecule is CCn1c(C(=O)Nc2nc(-c3ccc(C)cc3)cs2)c(C)c2cc(Cl)ccc21. The predicted octanol–water partition coefficient (Wildman–Crippen LogP) is 6.31. The van der Waals surface area contributed by atoms with Crippen molar-refractivity contribution in [1.82, 2.24) is 9.55 Å². The summed E-state index contributed by atoms with van der Waals surface area (Å²) in [7, 11) is 0. The van der Waals surface area contributed by atoms with Gasteiger partial charge in [-0.05, 0) is 44.5 Å². The molecule has 0 spiro atoms. The van der Waals surface area contributed by atoms with Crippen LogP contribution >= 0.6 is 22.9 Å². The lowest BCUT2D eigenvalue weighted by molar-refractivity contribution is 0.101. The zero-order chi connectivity index (χ0) is 19.8. The van der Waals surface area contributed by atoms with Crippen molar-refractivity contribution in [2.75, 3.05) is 5.32 Å². The number of nitrogens with one attached hydrogen (secondary N) is 1. The van der Waals surface area contributed by atoms with E-state index in [2.05, 4.69) is 29.4 Å². The Balaban J connectivity index is 1.66. The summed E-state index contributed by atoms with van der Waals surface area (Å²) in [4.78, 5) is 17.6. The maximum Gasteiger partial charge on any atom is 0.274 e. The van der Waals surface area contributed by atoms with Crippen LogP contribution < -0.4 is 5.32 Å². The van der Waals surface area contributed by atoms with Gasteiger partial charge in [0.1, 0.15) is 5.69 Å². The molecule has 4 aromatic rings. The van der Waals surface area contributed by atoms with Crippen LogP contribution in [0.5, 0.6) is 0 Å². The van der Waals surface area contributed by atoms with E-state index in [-0.39, 0.29) is 5.91 Å². The van der Waals surface area contributed by atoms with E-state index in [1.807, 2.05) is 54.1 Å². The third-order valence-corrected chi connectivity index (χ3v) is 5.87. The van der Waals surface area contributed by atoms with Crippen molar-refractivity contribution in [3.8, 4) is 11.3 Å². The van der Waals surface area contributed by atoms with Crippen molar-refractivity contribution in [2.45, 2.75) is 27.3 Å². The van der Waals surface area contributed by atoms with Gasteiger partial charge in [0.25, 0.3) is 5.91 Å². The Morgan fingerprint density at radius 1 is 1.18 bits per heavy atom. The second-order valence-corrected chi connectivity index (χ2v) is 8.03. The van der Waals surface area contributed by atoms with Crippen molar-refractivity contribution >= 4 is 44.9 Å². The summed E-state index contributed by atoms with van der Waals surface area (Å²) in [5, 5.41) is 7.18. The van der Waals surface area contributed by atoms with Gasteiger partial charge in [-0.2, -0.15) is 0 Å². The van der Waals surface area contributed by atoms with Crippen LogP contribution in [0.3, 0.4) is 0 Å². The number of hydrogen-bond donors (Lipinski definition) is 1. The first-order chi connectivity index (χ1) is 13.5. The van der Waals surface area contributed by atoms with Gasteiger partial charge < -0.3 is 4.57 Å². The highest BCUT2D eigenvalue weighted by molar-refractivity contribution is 7.14. The van der Waals surface area contributed by atoms with Gasteiger partial charge in [-0.15, -0.1) is 11.3 Å². The number of carbonyl (C=O) groups excluding carboxylic acids is 1. The molecule has 2 aromatic carbocycles. The number of anilines is 1. The number of fused-ring (bicyclic) bond motifs is 1. The monoisotopic (exact) mass is 409 g/mol. The molecular weight excluding hydrogens is 390 g/mol. The van der Waals surface area contributed by atoms with Gasteiger partial charge in [-0.25, -0.2) is 4.98 Å². The van der Waals surface area contributed by atoms with Crippen LogP contribution in [0.1, 0.15) is 28.5 Å². The van der Waals surface area contributed by atoms with Crippen LogP contribution in [0.25, 0.3) is 22.2 Å².